The zero-order valence-corrected chi connectivity index (χ0v) is 31.6. The molecule has 3 heterocycles. The van der Waals surface area contributed by atoms with Gasteiger partial charge in [0, 0.05) is 62.4 Å². The number of anilines is 1. The number of hydrogen-bond donors (Lipinski definition) is 1. The minimum Gasteiger partial charge on any atom is -0.496 e. The highest BCUT2D eigenvalue weighted by atomic mass is 16.5. The first-order chi connectivity index (χ1) is 25.5. The third-order valence-corrected chi connectivity index (χ3v) is 11.0. The van der Waals surface area contributed by atoms with Gasteiger partial charge in [0.1, 0.15) is 5.75 Å². The SMILES string of the molecule is CCCc1cc(-c2cc(CN(c3ccccc3)C3CCN(CC4=CC(c5cc(OC)c(C)c(C6CC6)c5)=CNC4)CC3)ccn2)cc(OC)c1OC. The zero-order chi connectivity index (χ0) is 36.0. The van der Waals surface area contributed by atoms with E-state index in [1.165, 1.54) is 51.9 Å². The van der Waals surface area contributed by atoms with Gasteiger partial charge in [-0.2, -0.15) is 0 Å². The standard InChI is InChI=1S/C45H54N4O3/c1-6-10-35-23-37(26-44(51-4)45(35)52-5)42-22-32(15-18-47-42)30-49(39-11-8-7-9-12-39)40-16-19-48(20-17-40)29-33-21-38(28-46-27-33)36-24-41(34-13-14-34)31(2)43(25-36)50-3/h7-9,11-12,15,18,21-26,28,34,40,46H,6,10,13-14,16-17,19-20,27,29-30H2,1-5H3. The molecule has 1 aromatic heterocycles. The van der Waals surface area contributed by atoms with E-state index in [1.807, 2.05) is 12.3 Å². The molecule has 0 unspecified atom stereocenters. The largest absolute Gasteiger partial charge is 0.496 e. The number of pyridine rings is 1. The van der Waals surface area contributed by atoms with Crippen molar-refractivity contribution in [1.82, 2.24) is 15.2 Å². The quantitative estimate of drug-likeness (QED) is 0.141. The molecule has 52 heavy (non-hydrogen) atoms. The number of rotatable bonds is 14. The number of dihydropyridines is 1. The maximum Gasteiger partial charge on any atom is 0.163 e. The number of methoxy groups -OCH3 is 3. The number of aryl methyl sites for hydroxylation is 1. The molecule has 1 N–H and O–H groups in total. The van der Waals surface area contributed by atoms with Gasteiger partial charge in [0.15, 0.2) is 11.5 Å². The molecule has 7 rings (SSSR count). The topological polar surface area (TPSA) is 59.1 Å². The van der Waals surface area contributed by atoms with Crippen molar-refractivity contribution >= 4 is 11.3 Å². The van der Waals surface area contributed by atoms with Gasteiger partial charge in [-0.3, -0.25) is 9.88 Å². The molecule has 2 aliphatic heterocycles. The Kier molecular flexibility index (Phi) is 11.2. The van der Waals surface area contributed by atoms with Gasteiger partial charge in [-0.05, 0) is 126 Å². The summed E-state index contributed by atoms with van der Waals surface area (Å²) < 4.78 is 17.3. The summed E-state index contributed by atoms with van der Waals surface area (Å²) >= 11 is 0. The molecule has 7 nitrogen and oxygen atoms in total. The Bertz CT molecular complexity index is 1910. The minimum absolute atomic E-state index is 0.447. The number of ether oxygens (including phenoxy) is 3. The normalized spacial score (nSPS) is 16.5. The van der Waals surface area contributed by atoms with E-state index in [9.17, 15) is 0 Å². The molecule has 0 spiro atoms. The Morgan fingerprint density at radius 2 is 1.63 bits per heavy atom. The minimum atomic E-state index is 0.447. The Labute approximate surface area is 310 Å². The van der Waals surface area contributed by atoms with Crippen LogP contribution in [0, 0.1) is 6.92 Å². The fourth-order valence-corrected chi connectivity index (χ4v) is 8.08. The van der Waals surface area contributed by atoms with Gasteiger partial charge in [0.05, 0.1) is 27.0 Å². The number of piperidine rings is 1. The number of benzene rings is 3. The second kappa shape index (κ2) is 16.3. The molecule has 7 heteroatoms. The Morgan fingerprint density at radius 3 is 2.35 bits per heavy atom. The van der Waals surface area contributed by atoms with Crippen LogP contribution in [0.2, 0.25) is 0 Å². The molecule has 2 fully saturated rings. The number of nitrogens with zero attached hydrogens (tertiary/aromatic N) is 3. The van der Waals surface area contributed by atoms with E-state index in [-0.39, 0.29) is 0 Å². The van der Waals surface area contributed by atoms with Gasteiger partial charge in [-0.15, -0.1) is 0 Å². The number of hydrogen-bond acceptors (Lipinski definition) is 7. The molecule has 272 valence electrons. The van der Waals surface area contributed by atoms with E-state index < -0.39 is 0 Å². The van der Waals surface area contributed by atoms with Crippen LogP contribution >= 0.6 is 0 Å². The van der Waals surface area contributed by atoms with Crippen molar-refractivity contribution in [2.75, 3.05) is 52.4 Å². The summed E-state index contributed by atoms with van der Waals surface area (Å²) in [5.41, 5.74) is 12.3. The predicted octanol–water partition coefficient (Wildman–Crippen LogP) is 8.95. The molecule has 4 aromatic rings. The number of likely N-dealkylation sites (tertiary alicyclic amines) is 1. The van der Waals surface area contributed by atoms with Crippen LogP contribution in [0.1, 0.15) is 72.8 Å². The van der Waals surface area contributed by atoms with E-state index in [0.29, 0.717) is 12.0 Å². The fourth-order valence-electron chi connectivity index (χ4n) is 8.08. The summed E-state index contributed by atoms with van der Waals surface area (Å²) in [5, 5.41) is 3.58. The van der Waals surface area contributed by atoms with Crippen molar-refractivity contribution in [2.24, 2.45) is 0 Å². The number of para-hydroxylation sites is 1. The van der Waals surface area contributed by atoms with E-state index >= 15 is 0 Å². The van der Waals surface area contributed by atoms with E-state index in [0.717, 1.165) is 92.5 Å². The van der Waals surface area contributed by atoms with E-state index in [1.54, 1.807) is 21.3 Å². The first-order valence-corrected chi connectivity index (χ1v) is 19.0. The summed E-state index contributed by atoms with van der Waals surface area (Å²) in [7, 11) is 5.20. The molecule has 0 atom stereocenters. The lowest BCUT2D eigenvalue weighted by molar-refractivity contribution is 0.222. The molecular formula is C45H54N4O3. The smallest absolute Gasteiger partial charge is 0.163 e. The van der Waals surface area contributed by atoms with Gasteiger partial charge >= 0.3 is 0 Å². The number of allylic oxidation sites excluding steroid dienone is 2. The van der Waals surface area contributed by atoms with Gasteiger partial charge in [-0.1, -0.05) is 43.7 Å². The first kappa shape index (κ1) is 35.6. The Balaban J connectivity index is 1.05. The highest BCUT2D eigenvalue weighted by Gasteiger charge is 2.28. The lowest BCUT2D eigenvalue weighted by atomic mass is 9.94. The van der Waals surface area contributed by atoms with Crippen LogP contribution in [0.15, 0.2) is 90.8 Å². The van der Waals surface area contributed by atoms with Gasteiger partial charge in [-0.25, -0.2) is 0 Å². The lowest BCUT2D eigenvalue weighted by Crippen LogP contribution is -2.45. The average molecular weight is 699 g/mol. The highest BCUT2D eigenvalue weighted by Crippen LogP contribution is 2.45. The second-order valence-electron chi connectivity index (χ2n) is 14.6. The molecule has 3 aromatic carbocycles. The van der Waals surface area contributed by atoms with Crippen LogP contribution < -0.4 is 24.4 Å². The highest BCUT2D eigenvalue weighted by molar-refractivity contribution is 5.77. The monoisotopic (exact) mass is 698 g/mol. The van der Waals surface area contributed by atoms with E-state index in [4.69, 9.17) is 19.2 Å². The molecule has 0 radical (unpaired) electrons. The third kappa shape index (κ3) is 8.00. The van der Waals surface area contributed by atoms with Crippen LogP contribution in [0.4, 0.5) is 5.69 Å². The summed E-state index contributed by atoms with van der Waals surface area (Å²) in [6, 6.07) is 24.6. The summed E-state index contributed by atoms with van der Waals surface area (Å²) in [6.45, 7) is 9.23. The fraction of sp³-hybridized carbons (Fsp3) is 0.400. The van der Waals surface area contributed by atoms with Crippen molar-refractivity contribution in [3.8, 4) is 28.5 Å². The zero-order valence-electron chi connectivity index (χ0n) is 31.6. The average Bonchev–Trinajstić information content (AvgIpc) is 4.04. The van der Waals surface area contributed by atoms with Crippen molar-refractivity contribution in [2.45, 2.75) is 70.9 Å². The number of aromatic nitrogens is 1. The van der Waals surface area contributed by atoms with Crippen molar-refractivity contribution in [3.05, 3.63) is 119 Å². The predicted molar refractivity (Wildman–Crippen MR) is 213 cm³/mol. The lowest BCUT2D eigenvalue weighted by Gasteiger charge is -2.40. The Morgan fingerprint density at radius 1 is 0.865 bits per heavy atom. The number of nitrogens with one attached hydrogen (secondary N) is 1. The van der Waals surface area contributed by atoms with Crippen LogP contribution in [-0.2, 0) is 13.0 Å². The van der Waals surface area contributed by atoms with E-state index in [2.05, 4.69) is 102 Å². The first-order valence-electron chi connectivity index (χ1n) is 19.0. The van der Waals surface area contributed by atoms with Crippen LogP contribution in [0.5, 0.6) is 17.2 Å². The maximum atomic E-state index is 5.80. The molecule has 1 saturated carbocycles. The Hall–Kier alpha value is -4.75. The summed E-state index contributed by atoms with van der Waals surface area (Å²) in [5.74, 6) is 3.24. The van der Waals surface area contributed by atoms with Crippen molar-refractivity contribution < 1.29 is 14.2 Å². The van der Waals surface area contributed by atoms with Crippen LogP contribution in [0.3, 0.4) is 0 Å². The summed E-state index contributed by atoms with van der Waals surface area (Å²) in [6.07, 6.45) is 13.3. The van der Waals surface area contributed by atoms with Crippen molar-refractivity contribution in [3.63, 3.8) is 0 Å². The van der Waals surface area contributed by atoms with Crippen LogP contribution in [-0.4, -0.2) is 63.4 Å². The molecular weight excluding hydrogens is 645 g/mol. The maximum absolute atomic E-state index is 5.80. The van der Waals surface area contributed by atoms with Gasteiger partial charge < -0.3 is 24.4 Å². The van der Waals surface area contributed by atoms with Crippen molar-refractivity contribution in [1.29, 1.82) is 0 Å². The molecule has 0 amide bonds. The van der Waals surface area contributed by atoms with Gasteiger partial charge in [0.25, 0.3) is 0 Å². The molecule has 0 bridgehead atoms. The second-order valence-corrected chi connectivity index (χ2v) is 14.6. The van der Waals surface area contributed by atoms with Crippen LogP contribution in [0.25, 0.3) is 16.8 Å². The molecule has 1 aliphatic carbocycles. The molecule has 3 aliphatic rings. The molecule has 1 saturated heterocycles. The van der Waals surface area contributed by atoms with Gasteiger partial charge in [0.2, 0.25) is 0 Å². The summed E-state index contributed by atoms with van der Waals surface area (Å²) in [4.78, 5) is 10.1. The third-order valence-electron chi connectivity index (χ3n) is 11.0.